The molecular formula is C12H15N5O. The average Bonchev–Trinajstić information content (AvgIpc) is 2.82. The Bertz CT molecular complexity index is 535. The summed E-state index contributed by atoms with van der Waals surface area (Å²) in [6, 6.07) is 4.98. The van der Waals surface area contributed by atoms with E-state index in [2.05, 4.69) is 15.3 Å². The summed E-state index contributed by atoms with van der Waals surface area (Å²) in [5.74, 6) is -0.473. The van der Waals surface area contributed by atoms with Crippen LogP contribution in [0.2, 0.25) is 0 Å². The molecule has 0 aliphatic rings. The van der Waals surface area contributed by atoms with Gasteiger partial charge in [0.15, 0.2) is 0 Å². The first-order valence-corrected chi connectivity index (χ1v) is 5.57. The third-order valence-corrected chi connectivity index (χ3v) is 2.57. The van der Waals surface area contributed by atoms with Crippen molar-refractivity contribution in [2.75, 3.05) is 17.6 Å². The first-order chi connectivity index (χ1) is 8.66. The van der Waals surface area contributed by atoms with E-state index in [1.165, 1.54) is 0 Å². The van der Waals surface area contributed by atoms with Gasteiger partial charge >= 0.3 is 0 Å². The lowest BCUT2D eigenvalue weighted by Gasteiger charge is -2.10. The molecule has 0 spiro atoms. The Labute approximate surface area is 104 Å². The zero-order valence-electron chi connectivity index (χ0n) is 9.81. The van der Waals surface area contributed by atoms with E-state index in [1.54, 1.807) is 30.7 Å². The number of carbonyl (C=O) groups is 1. The van der Waals surface area contributed by atoms with Gasteiger partial charge in [0, 0.05) is 36.2 Å². The van der Waals surface area contributed by atoms with Crippen molar-refractivity contribution in [1.29, 1.82) is 0 Å². The number of aromatic amines is 1. The molecule has 0 aliphatic carbocycles. The molecule has 94 valence electrons. The van der Waals surface area contributed by atoms with Crippen LogP contribution in [0.5, 0.6) is 0 Å². The number of carbonyl (C=O) groups excluding carboxylic acids is 1. The van der Waals surface area contributed by atoms with Gasteiger partial charge < -0.3 is 21.8 Å². The molecule has 0 saturated heterocycles. The maximum Gasteiger partial charge on any atom is 0.250 e. The highest BCUT2D eigenvalue weighted by molar-refractivity contribution is 5.99. The molecule has 1 amide bonds. The summed E-state index contributed by atoms with van der Waals surface area (Å²) >= 11 is 0. The third-order valence-electron chi connectivity index (χ3n) is 2.57. The second kappa shape index (κ2) is 5.22. The summed E-state index contributed by atoms with van der Waals surface area (Å²) in [5.41, 5.74) is 13.7. The molecule has 0 radical (unpaired) electrons. The Morgan fingerprint density at radius 1 is 1.44 bits per heavy atom. The smallest absolute Gasteiger partial charge is 0.250 e. The fourth-order valence-corrected chi connectivity index (χ4v) is 1.68. The van der Waals surface area contributed by atoms with Crippen molar-refractivity contribution in [2.24, 2.45) is 5.73 Å². The van der Waals surface area contributed by atoms with Gasteiger partial charge in [0.05, 0.1) is 11.9 Å². The van der Waals surface area contributed by atoms with E-state index >= 15 is 0 Å². The second-order valence-electron chi connectivity index (χ2n) is 3.92. The number of primary amides is 1. The van der Waals surface area contributed by atoms with Crippen LogP contribution >= 0.6 is 0 Å². The summed E-state index contributed by atoms with van der Waals surface area (Å²) in [6.45, 7) is 0.659. The van der Waals surface area contributed by atoms with Crippen LogP contribution in [0.4, 0.5) is 11.4 Å². The van der Waals surface area contributed by atoms with Gasteiger partial charge in [0.25, 0.3) is 5.91 Å². The average molecular weight is 245 g/mol. The fourth-order valence-electron chi connectivity index (χ4n) is 1.68. The van der Waals surface area contributed by atoms with Gasteiger partial charge in [-0.3, -0.25) is 4.79 Å². The summed E-state index contributed by atoms with van der Waals surface area (Å²) in [5, 5.41) is 3.15. The highest BCUT2D eigenvalue weighted by Crippen LogP contribution is 2.18. The molecule has 1 aromatic carbocycles. The van der Waals surface area contributed by atoms with Gasteiger partial charge in [0.2, 0.25) is 0 Å². The molecule has 0 saturated carbocycles. The van der Waals surface area contributed by atoms with Crippen molar-refractivity contribution in [1.82, 2.24) is 9.97 Å². The van der Waals surface area contributed by atoms with Gasteiger partial charge in [-0.2, -0.15) is 0 Å². The Kier molecular flexibility index (Phi) is 3.47. The van der Waals surface area contributed by atoms with E-state index < -0.39 is 5.91 Å². The van der Waals surface area contributed by atoms with Crippen molar-refractivity contribution in [2.45, 2.75) is 6.42 Å². The summed E-state index contributed by atoms with van der Waals surface area (Å²) in [6.07, 6.45) is 4.16. The highest BCUT2D eigenvalue weighted by atomic mass is 16.1. The van der Waals surface area contributed by atoms with Crippen molar-refractivity contribution in [3.8, 4) is 0 Å². The van der Waals surface area contributed by atoms with E-state index in [0.29, 0.717) is 23.5 Å². The summed E-state index contributed by atoms with van der Waals surface area (Å²) in [4.78, 5) is 18.2. The number of nitrogens with two attached hydrogens (primary N) is 2. The lowest BCUT2D eigenvalue weighted by molar-refractivity contribution is 0.100. The fraction of sp³-hybridized carbons (Fsp3) is 0.167. The molecule has 2 rings (SSSR count). The molecular weight excluding hydrogens is 230 g/mol. The number of nitrogens with one attached hydrogen (secondary N) is 2. The van der Waals surface area contributed by atoms with Crippen molar-refractivity contribution >= 4 is 17.3 Å². The molecule has 18 heavy (non-hydrogen) atoms. The number of anilines is 2. The van der Waals surface area contributed by atoms with Crippen LogP contribution < -0.4 is 16.8 Å². The largest absolute Gasteiger partial charge is 0.399 e. The predicted octanol–water partition coefficient (Wildman–Crippen LogP) is 0.745. The molecule has 0 aliphatic heterocycles. The second-order valence-corrected chi connectivity index (χ2v) is 3.92. The first-order valence-electron chi connectivity index (χ1n) is 5.57. The molecule has 2 aromatic rings. The SMILES string of the molecule is NC(=O)c1ccc(N)cc1NCCc1cnc[nH]1. The normalized spacial score (nSPS) is 10.2. The van der Waals surface area contributed by atoms with E-state index in [1.807, 2.05) is 0 Å². The van der Waals surface area contributed by atoms with Crippen LogP contribution in [0.1, 0.15) is 16.1 Å². The van der Waals surface area contributed by atoms with Gasteiger partial charge in [-0.05, 0) is 18.2 Å². The zero-order valence-corrected chi connectivity index (χ0v) is 9.81. The van der Waals surface area contributed by atoms with E-state index in [-0.39, 0.29) is 0 Å². The van der Waals surface area contributed by atoms with Crippen LogP contribution in [0.15, 0.2) is 30.7 Å². The molecule has 1 heterocycles. The number of hydrogen-bond donors (Lipinski definition) is 4. The number of imidazole rings is 1. The van der Waals surface area contributed by atoms with Crippen molar-refractivity contribution in [3.05, 3.63) is 42.0 Å². The topological polar surface area (TPSA) is 110 Å². The number of benzene rings is 1. The molecule has 0 fully saturated rings. The quantitative estimate of drug-likeness (QED) is 0.582. The maximum atomic E-state index is 11.3. The number of aromatic nitrogens is 2. The van der Waals surface area contributed by atoms with Gasteiger partial charge in [0.1, 0.15) is 0 Å². The van der Waals surface area contributed by atoms with Gasteiger partial charge in [-0.1, -0.05) is 0 Å². The monoisotopic (exact) mass is 245 g/mol. The van der Waals surface area contributed by atoms with Gasteiger partial charge in [-0.15, -0.1) is 0 Å². The molecule has 6 N–H and O–H groups in total. The molecule has 0 atom stereocenters. The minimum absolute atomic E-state index is 0.439. The lowest BCUT2D eigenvalue weighted by Crippen LogP contribution is -2.15. The third kappa shape index (κ3) is 2.79. The Balaban J connectivity index is 2.03. The summed E-state index contributed by atoms with van der Waals surface area (Å²) in [7, 11) is 0. The van der Waals surface area contributed by atoms with Crippen LogP contribution in [0.3, 0.4) is 0 Å². The van der Waals surface area contributed by atoms with E-state index in [9.17, 15) is 4.79 Å². The molecule has 0 bridgehead atoms. The van der Waals surface area contributed by atoms with Crippen LogP contribution in [-0.2, 0) is 6.42 Å². The van der Waals surface area contributed by atoms with Crippen LogP contribution in [-0.4, -0.2) is 22.4 Å². The van der Waals surface area contributed by atoms with Crippen molar-refractivity contribution in [3.63, 3.8) is 0 Å². The number of amides is 1. The number of hydrogen-bond acceptors (Lipinski definition) is 4. The van der Waals surface area contributed by atoms with Crippen LogP contribution in [0.25, 0.3) is 0 Å². The van der Waals surface area contributed by atoms with E-state index in [4.69, 9.17) is 11.5 Å². The maximum absolute atomic E-state index is 11.3. The molecule has 6 nitrogen and oxygen atoms in total. The van der Waals surface area contributed by atoms with E-state index in [0.717, 1.165) is 12.1 Å². The highest BCUT2D eigenvalue weighted by Gasteiger charge is 2.07. The minimum atomic E-state index is -0.473. The van der Waals surface area contributed by atoms with Crippen LogP contribution in [0, 0.1) is 0 Å². The standard InChI is InChI=1S/C12H15N5O/c13-8-1-2-10(12(14)18)11(5-8)16-4-3-9-6-15-7-17-9/h1-2,5-7,16H,3-4,13H2,(H2,14,18)(H,15,17). The predicted molar refractivity (Wildman–Crippen MR) is 70.2 cm³/mol. The molecule has 0 unspecified atom stereocenters. The Morgan fingerprint density at radius 3 is 2.94 bits per heavy atom. The molecule has 6 heteroatoms. The zero-order chi connectivity index (χ0) is 13.0. The Hall–Kier alpha value is -2.50. The van der Waals surface area contributed by atoms with Gasteiger partial charge in [-0.25, -0.2) is 4.98 Å². The lowest BCUT2D eigenvalue weighted by atomic mass is 10.1. The molecule has 1 aromatic heterocycles. The van der Waals surface area contributed by atoms with Crippen molar-refractivity contribution < 1.29 is 4.79 Å². The first kappa shape index (κ1) is 12.0. The number of rotatable bonds is 5. The summed E-state index contributed by atoms with van der Waals surface area (Å²) < 4.78 is 0. The number of nitrogens with zero attached hydrogens (tertiary/aromatic N) is 1. The number of H-pyrrole nitrogens is 1. The Morgan fingerprint density at radius 2 is 2.28 bits per heavy atom. The minimum Gasteiger partial charge on any atom is -0.399 e. The number of nitrogen functional groups attached to an aromatic ring is 1.